The lowest BCUT2D eigenvalue weighted by Crippen LogP contribution is -2.65. The number of carbonyl (C=O) groups is 1. The molecule has 1 aromatic carbocycles. The topological polar surface area (TPSA) is 109 Å². The van der Waals surface area contributed by atoms with Gasteiger partial charge in [-0.05, 0) is 57.7 Å². The minimum absolute atomic E-state index is 0.0140. The molecule has 3 fully saturated rings. The fraction of sp³-hybridized carbons (Fsp3) is 0.567. The zero-order chi connectivity index (χ0) is 29.1. The molecule has 3 aromatic rings. The van der Waals surface area contributed by atoms with Gasteiger partial charge in [0.15, 0.2) is 11.6 Å². The van der Waals surface area contributed by atoms with Crippen molar-refractivity contribution in [3.8, 4) is 11.1 Å². The average molecular weight is 581 g/mol. The number of anilines is 2. The van der Waals surface area contributed by atoms with Crippen LogP contribution in [0.1, 0.15) is 50.4 Å². The van der Waals surface area contributed by atoms with E-state index in [0.29, 0.717) is 30.0 Å². The van der Waals surface area contributed by atoms with E-state index in [-0.39, 0.29) is 17.5 Å². The predicted octanol–water partition coefficient (Wildman–Crippen LogP) is 4.32. The summed E-state index contributed by atoms with van der Waals surface area (Å²) in [6.45, 7) is 18.1. The maximum atomic E-state index is 12.3. The normalized spacial score (nSPS) is 22.9. The van der Waals surface area contributed by atoms with Gasteiger partial charge in [0.2, 0.25) is 5.91 Å². The first-order valence-electron chi connectivity index (χ1n) is 14.7. The Hall–Kier alpha value is -3.08. The minimum atomic E-state index is -0.134. The fourth-order valence-corrected chi connectivity index (χ4v) is 7.11. The number of hydrogen-bond acceptors (Lipinski definition) is 7. The van der Waals surface area contributed by atoms with Gasteiger partial charge in [-0.2, -0.15) is 10.2 Å². The van der Waals surface area contributed by atoms with Crippen molar-refractivity contribution < 1.29 is 9.53 Å². The van der Waals surface area contributed by atoms with Gasteiger partial charge in [-0.3, -0.25) is 19.5 Å². The standard InChI is InChI=1S/C30H41ClN8O2/c1-6-23(40)36-10-8-20(9-11-36)39-19(4)24(26-25-22(33-34-28(25)32)14-18(3)27(26)31)29(35-39)38-13-12-37(21-15-41-16-21)17-30(38,5)7-2/h6,14,20-21H,1,7-13,15-17H2,2-5H3,(H3,32,33,34)/t30-/m0/s1. The molecule has 3 saturated heterocycles. The number of nitrogens with one attached hydrogen (secondary N) is 1. The van der Waals surface area contributed by atoms with Crippen LogP contribution in [0.4, 0.5) is 11.6 Å². The number of aryl methyl sites for hydroxylation is 1. The molecule has 6 rings (SSSR count). The molecule has 10 nitrogen and oxygen atoms in total. The van der Waals surface area contributed by atoms with Crippen LogP contribution in [-0.2, 0) is 9.53 Å². The van der Waals surface area contributed by atoms with Crippen LogP contribution in [0.15, 0.2) is 18.7 Å². The van der Waals surface area contributed by atoms with E-state index in [9.17, 15) is 4.79 Å². The molecule has 0 bridgehead atoms. The van der Waals surface area contributed by atoms with Crippen molar-refractivity contribution in [2.45, 2.75) is 64.6 Å². The molecule has 41 heavy (non-hydrogen) atoms. The molecule has 3 N–H and O–H groups in total. The van der Waals surface area contributed by atoms with E-state index in [4.69, 9.17) is 27.2 Å². The Kier molecular flexibility index (Phi) is 7.28. The highest BCUT2D eigenvalue weighted by Gasteiger charge is 2.43. The first-order chi connectivity index (χ1) is 19.7. The number of ether oxygens (including phenoxy) is 1. The second-order valence-corrected chi connectivity index (χ2v) is 12.4. The summed E-state index contributed by atoms with van der Waals surface area (Å²) in [5, 5.41) is 14.4. The summed E-state index contributed by atoms with van der Waals surface area (Å²) in [5.41, 5.74) is 11.1. The summed E-state index contributed by atoms with van der Waals surface area (Å²) in [4.78, 5) is 19.2. The Morgan fingerprint density at radius 3 is 2.59 bits per heavy atom. The summed E-state index contributed by atoms with van der Waals surface area (Å²) >= 11 is 7.15. The van der Waals surface area contributed by atoms with Crippen LogP contribution in [0, 0.1) is 13.8 Å². The molecule has 0 saturated carbocycles. The zero-order valence-corrected chi connectivity index (χ0v) is 25.3. The molecular formula is C30H41ClN8O2. The molecule has 0 aliphatic carbocycles. The van der Waals surface area contributed by atoms with Crippen LogP contribution in [0.3, 0.4) is 0 Å². The average Bonchev–Trinajstić information content (AvgIpc) is 3.47. The summed E-state index contributed by atoms with van der Waals surface area (Å²) < 4.78 is 7.71. The van der Waals surface area contributed by atoms with Crippen molar-refractivity contribution in [1.82, 2.24) is 29.8 Å². The molecule has 0 spiro atoms. The Morgan fingerprint density at radius 1 is 1.22 bits per heavy atom. The van der Waals surface area contributed by atoms with Crippen molar-refractivity contribution in [3.05, 3.63) is 35.0 Å². The van der Waals surface area contributed by atoms with Gasteiger partial charge in [-0.15, -0.1) is 0 Å². The van der Waals surface area contributed by atoms with Gasteiger partial charge in [-0.1, -0.05) is 25.1 Å². The SMILES string of the molecule is C=CC(=O)N1CCC(n2nc(N3CCN(C4COC4)C[C@]3(C)CC)c(-c3c(Cl)c(C)cc4[nH]nc(N)c34)c2C)CC1. The van der Waals surface area contributed by atoms with Crippen molar-refractivity contribution >= 4 is 40.0 Å². The molecule has 5 heterocycles. The Bertz CT molecular complexity index is 1490. The largest absolute Gasteiger partial charge is 0.382 e. The number of aromatic amines is 1. The fourth-order valence-electron chi connectivity index (χ4n) is 6.87. The van der Waals surface area contributed by atoms with E-state index in [0.717, 1.165) is 91.2 Å². The van der Waals surface area contributed by atoms with Gasteiger partial charge in [0.25, 0.3) is 0 Å². The minimum Gasteiger partial charge on any atom is -0.382 e. The van der Waals surface area contributed by atoms with Crippen LogP contribution >= 0.6 is 11.6 Å². The lowest BCUT2D eigenvalue weighted by molar-refractivity contribution is -0.127. The molecule has 0 unspecified atom stereocenters. The first-order valence-corrected chi connectivity index (χ1v) is 15.1. The number of nitrogens with two attached hydrogens (primary N) is 1. The number of aromatic nitrogens is 4. The third-order valence-electron chi connectivity index (χ3n) is 9.64. The van der Waals surface area contributed by atoms with Gasteiger partial charge in [0.1, 0.15) is 0 Å². The smallest absolute Gasteiger partial charge is 0.245 e. The molecule has 11 heteroatoms. The number of H-pyrrole nitrogens is 1. The third kappa shape index (κ3) is 4.60. The van der Waals surface area contributed by atoms with Crippen LogP contribution in [-0.4, -0.2) is 93.2 Å². The van der Waals surface area contributed by atoms with Gasteiger partial charge in [0, 0.05) is 49.5 Å². The maximum absolute atomic E-state index is 12.3. The highest BCUT2D eigenvalue weighted by atomic mass is 35.5. The third-order valence-corrected chi connectivity index (χ3v) is 10.1. The van der Waals surface area contributed by atoms with E-state index in [2.05, 4.69) is 52.0 Å². The number of likely N-dealkylation sites (tertiary alicyclic amines) is 1. The van der Waals surface area contributed by atoms with Crippen molar-refractivity contribution in [3.63, 3.8) is 0 Å². The summed E-state index contributed by atoms with van der Waals surface area (Å²) in [6, 6.07) is 2.66. The van der Waals surface area contributed by atoms with Crippen LogP contribution < -0.4 is 10.6 Å². The summed E-state index contributed by atoms with van der Waals surface area (Å²) in [7, 11) is 0. The monoisotopic (exact) mass is 580 g/mol. The van der Waals surface area contributed by atoms with Crippen LogP contribution in [0.2, 0.25) is 5.02 Å². The van der Waals surface area contributed by atoms with Crippen molar-refractivity contribution in [2.75, 3.05) is 56.6 Å². The predicted molar refractivity (Wildman–Crippen MR) is 163 cm³/mol. The lowest BCUT2D eigenvalue weighted by atomic mass is 9.90. The molecule has 3 aliphatic heterocycles. The molecular weight excluding hydrogens is 540 g/mol. The van der Waals surface area contributed by atoms with Crippen molar-refractivity contribution in [2.24, 2.45) is 0 Å². The van der Waals surface area contributed by atoms with E-state index in [1.165, 1.54) is 6.08 Å². The molecule has 1 amide bonds. The van der Waals surface area contributed by atoms with Gasteiger partial charge >= 0.3 is 0 Å². The number of halogens is 1. The number of hydrogen-bond donors (Lipinski definition) is 2. The highest BCUT2D eigenvalue weighted by molar-refractivity contribution is 6.36. The maximum Gasteiger partial charge on any atom is 0.245 e. The number of nitrogens with zero attached hydrogens (tertiary/aromatic N) is 6. The molecule has 3 aliphatic rings. The number of benzene rings is 1. The number of amides is 1. The first kappa shape index (κ1) is 28.1. The second kappa shape index (κ2) is 10.6. The molecule has 220 valence electrons. The highest BCUT2D eigenvalue weighted by Crippen LogP contribution is 2.47. The number of carbonyl (C=O) groups excluding carboxylic acids is 1. The second-order valence-electron chi connectivity index (χ2n) is 12.1. The Morgan fingerprint density at radius 2 is 1.95 bits per heavy atom. The van der Waals surface area contributed by atoms with Gasteiger partial charge < -0.3 is 20.3 Å². The van der Waals surface area contributed by atoms with E-state index < -0.39 is 0 Å². The summed E-state index contributed by atoms with van der Waals surface area (Å²) in [5.74, 6) is 1.36. The Labute approximate surface area is 246 Å². The molecule has 0 radical (unpaired) electrons. The van der Waals surface area contributed by atoms with Gasteiger partial charge in [0.05, 0.1) is 46.8 Å². The van der Waals surface area contributed by atoms with Crippen LogP contribution in [0.25, 0.3) is 22.0 Å². The number of nitrogen functional groups attached to an aromatic ring is 1. The van der Waals surface area contributed by atoms with E-state index in [1.807, 2.05) is 17.9 Å². The molecule has 2 aromatic heterocycles. The zero-order valence-electron chi connectivity index (χ0n) is 24.5. The number of piperidine rings is 1. The van der Waals surface area contributed by atoms with Gasteiger partial charge in [-0.25, -0.2) is 0 Å². The molecule has 1 atom stereocenters. The number of rotatable bonds is 6. The number of piperazine rings is 1. The van der Waals surface area contributed by atoms with E-state index in [1.54, 1.807) is 0 Å². The van der Waals surface area contributed by atoms with Crippen molar-refractivity contribution in [1.29, 1.82) is 0 Å². The quantitative estimate of drug-likeness (QED) is 0.418. The van der Waals surface area contributed by atoms with Crippen LogP contribution in [0.5, 0.6) is 0 Å². The Balaban J connectivity index is 1.49. The summed E-state index contributed by atoms with van der Waals surface area (Å²) in [6.07, 6.45) is 4.02. The van der Waals surface area contributed by atoms with E-state index >= 15 is 0 Å². The number of fused-ring (bicyclic) bond motifs is 1. The lowest BCUT2D eigenvalue weighted by Gasteiger charge is -2.52.